The Kier molecular flexibility index (Phi) is 3.01. The topological polar surface area (TPSA) is 12.0 Å². The fourth-order valence-electron chi connectivity index (χ4n) is 3.44. The van der Waals surface area contributed by atoms with Crippen molar-refractivity contribution in [2.24, 2.45) is 17.8 Å². The van der Waals surface area contributed by atoms with Gasteiger partial charge in [-0.15, -0.1) is 0 Å². The largest absolute Gasteiger partial charge is 0.314 e. The SMILES string of the molecule is C1CC(CNC2CCCC(C3CC3)C2)C1. The lowest BCUT2D eigenvalue weighted by molar-refractivity contribution is 0.230. The lowest BCUT2D eigenvalue weighted by Gasteiger charge is -2.33. The minimum atomic E-state index is 0.880. The molecule has 2 atom stereocenters. The molecule has 1 heteroatoms. The molecular weight excluding hydrogens is 182 g/mol. The fourth-order valence-corrected chi connectivity index (χ4v) is 3.44. The van der Waals surface area contributed by atoms with Crippen LogP contribution in [0.25, 0.3) is 0 Å². The maximum atomic E-state index is 3.84. The average molecular weight is 207 g/mol. The first kappa shape index (κ1) is 10.1. The van der Waals surface area contributed by atoms with Crippen LogP contribution in [0.3, 0.4) is 0 Å². The van der Waals surface area contributed by atoms with E-state index in [-0.39, 0.29) is 0 Å². The molecule has 0 aromatic heterocycles. The summed E-state index contributed by atoms with van der Waals surface area (Å²) in [6.07, 6.45) is 13.5. The van der Waals surface area contributed by atoms with E-state index < -0.39 is 0 Å². The molecule has 0 saturated heterocycles. The highest BCUT2D eigenvalue weighted by Gasteiger charge is 2.34. The van der Waals surface area contributed by atoms with Crippen LogP contribution < -0.4 is 5.32 Å². The van der Waals surface area contributed by atoms with Crippen LogP contribution >= 0.6 is 0 Å². The third-order valence-electron chi connectivity index (χ3n) is 4.92. The zero-order valence-corrected chi connectivity index (χ0v) is 9.88. The molecule has 0 spiro atoms. The number of nitrogens with one attached hydrogen (secondary N) is 1. The molecule has 1 nitrogen and oxygen atoms in total. The van der Waals surface area contributed by atoms with Crippen LogP contribution in [-0.2, 0) is 0 Å². The monoisotopic (exact) mass is 207 g/mol. The lowest BCUT2D eigenvalue weighted by atomic mass is 9.81. The maximum absolute atomic E-state index is 3.84. The zero-order chi connectivity index (χ0) is 10.1. The Morgan fingerprint density at radius 2 is 1.60 bits per heavy atom. The lowest BCUT2D eigenvalue weighted by Crippen LogP contribution is -2.38. The smallest absolute Gasteiger partial charge is 0.00699 e. The predicted octanol–water partition coefficient (Wildman–Crippen LogP) is 3.34. The van der Waals surface area contributed by atoms with Crippen molar-refractivity contribution in [3.05, 3.63) is 0 Å². The van der Waals surface area contributed by atoms with Gasteiger partial charge in [-0.1, -0.05) is 19.3 Å². The molecule has 3 aliphatic rings. The first-order valence-corrected chi connectivity index (χ1v) is 7.15. The molecule has 0 bridgehead atoms. The van der Waals surface area contributed by atoms with E-state index in [1.807, 2.05) is 0 Å². The van der Waals surface area contributed by atoms with Crippen molar-refractivity contribution in [2.45, 2.75) is 63.8 Å². The summed E-state index contributed by atoms with van der Waals surface area (Å²) < 4.78 is 0. The van der Waals surface area contributed by atoms with Crippen LogP contribution in [0, 0.1) is 17.8 Å². The van der Waals surface area contributed by atoms with Crippen LogP contribution in [0.15, 0.2) is 0 Å². The average Bonchev–Trinajstić information content (AvgIpc) is 2.99. The van der Waals surface area contributed by atoms with Gasteiger partial charge < -0.3 is 5.32 Å². The molecule has 3 rings (SSSR count). The van der Waals surface area contributed by atoms with Gasteiger partial charge in [0, 0.05) is 6.04 Å². The highest BCUT2D eigenvalue weighted by molar-refractivity contribution is 4.88. The van der Waals surface area contributed by atoms with E-state index in [1.54, 1.807) is 12.8 Å². The molecule has 86 valence electrons. The molecule has 3 aliphatic carbocycles. The molecule has 3 saturated carbocycles. The van der Waals surface area contributed by atoms with Crippen molar-refractivity contribution in [1.29, 1.82) is 0 Å². The first-order valence-electron chi connectivity index (χ1n) is 7.15. The van der Waals surface area contributed by atoms with Crippen molar-refractivity contribution in [3.8, 4) is 0 Å². The van der Waals surface area contributed by atoms with Gasteiger partial charge in [0.15, 0.2) is 0 Å². The second-order valence-electron chi connectivity index (χ2n) is 6.17. The normalized spacial score (nSPS) is 37.6. The summed E-state index contributed by atoms with van der Waals surface area (Å²) in [5.74, 6) is 3.27. The number of hydrogen-bond acceptors (Lipinski definition) is 1. The van der Waals surface area contributed by atoms with E-state index in [0.717, 1.165) is 23.8 Å². The number of rotatable bonds is 4. The van der Waals surface area contributed by atoms with Crippen LogP contribution in [0.2, 0.25) is 0 Å². The Balaban J connectivity index is 1.40. The van der Waals surface area contributed by atoms with Crippen molar-refractivity contribution in [1.82, 2.24) is 5.32 Å². The molecule has 3 fully saturated rings. The molecule has 0 aromatic rings. The van der Waals surface area contributed by atoms with Gasteiger partial charge in [-0.2, -0.15) is 0 Å². The maximum Gasteiger partial charge on any atom is 0.00699 e. The van der Waals surface area contributed by atoms with E-state index in [0.29, 0.717) is 0 Å². The predicted molar refractivity (Wildman–Crippen MR) is 63.8 cm³/mol. The Labute approximate surface area is 94.0 Å². The first-order chi connectivity index (χ1) is 7.42. The summed E-state index contributed by atoms with van der Waals surface area (Å²) in [6, 6.07) is 0.880. The summed E-state index contributed by atoms with van der Waals surface area (Å²) in [4.78, 5) is 0. The van der Waals surface area contributed by atoms with E-state index in [1.165, 1.54) is 51.5 Å². The Morgan fingerprint density at radius 3 is 2.27 bits per heavy atom. The van der Waals surface area contributed by atoms with Crippen LogP contribution in [-0.4, -0.2) is 12.6 Å². The highest BCUT2D eigenvalue weighted by atomic mass is 14.9. The second-order valence-corrected chi connectivity index (χ2v) is 6.17. The highest BCUT2D eigenvalue weighted by Crippen LogP contribution is 2.43. The minimum absolute atomic E-state index is 0.880. The molecule has 0 aromatic carbocycles. The Bertz CT molecular complexity index is 205. The third kappa shape index (κ3) is 2.55. The van der Waals surface area contributed by atoms with Gasteiger partial charge >= 0.3 is 0 Å². The fraction of sp³-hybridized carbons (Fsp3) is 1.00. The summed E-state index contributed by atoms with van der Waals surface area (Å²) in [5.41, 5.74) is 0. The van der Waals surface area contributed by atoms with E-state index in [4.69, 9.17) is 0 Å². The van der Waals surface area contributed by atoms with E-state index in [2.05, 4.69) is 5.32 Å². The van der Waals surface area contributed by atoms with Crippen LogP contribution in [0.5, 0.6) is 0 Å². The van der Waals surface area contributed by atoms with Gasteiger partial charge in [0.1, 0.15) is 0 Å². The van der Waals surface area contributed by atoms with Crippen molar-refractivity contribution in [3.63, 3.8) is 0 Å². The van der Waals surface area contributed by atoms with Gasteiger partial charge in [-0.25, -0.2) is 0 Å². The molecule has 2 unspecified atom stereocenters. The minimum Gasteiger partial charge on any atom is -0.314 e. The van der Waals surface area contributed by atoms with Gasteiger partial charge in [0.05, 0.1) is 0 Å². The van der Waals surface area contributed by atoms with E-state index >= 15 is 0 Å². The standard InChI is InChI=1S/C14H25N/c1-3-11(4-1)10-15-14-6-2-5-13(9-14)12-7-8-12/h11-15H,1-10H2. The summed E-state index contributed by atoms with van der Waals surface area (Å²) in [5, 5.41) is 3.84. The van der Waals surface area contributed by atoms with Gasteiger partial charge in [0.2, 0.25) is 0 Å². The molecule has 1 N–H and O–H groups in total. The zero-order valence-electron chi connectivity index (χ0n) is 9.88. The molecule has 0 amide bonds. The van der Waals surface area contributed by atoms with Crippen molar-refractivity contribution < 1.29 is 0 Å². The molecule has 0 heterocycles. The van der Waals surface area contributed by atoms with Crippen LogP contribution in [0.4, 0.5) is 0 Å². The van der Waals surface area contributed by atoms with Crippen LogP contribution in [0.1, 0.15) is 57.8 Å². The summed E-state index contributed by atoms with van der Waals surface area (Å²) in [6.45, 7) is 1.32. The molecule has 0 radical (unpaired) electrons. The third-order valence-corrected chi connectivity index (χ3v) is 4.92. The van der Waals surface area contributed by atoms with Gasteiger partial charge in [-0.05, 0) is 62.8 Å². The summed E-state index contributed by atoms with van der Waals surface area (Å²) >= 11 is 0. The van der Waals surface area contributed by atoms with Gasteiger partial charge in [0.25, 0.3) is 0 Å². The molecular formula is C14H25N. The van der Waals surface area contributed by atoms with Crippen molar-refractivity contribution >= 4 is 0 Å². The molecule has 15 heavy (non-hydrogen) atoms. The Hall–Kier alpha value is -0.0400. The van der Waals surface area contributed by atoms with Crippen molar-refractivity contribution in [2.75, 3.05) is 6.54 Å². The van der Waals surface area contributed by atoms with E-state index in [9.17, 15) is 0 Å². The Morgan fingerprint density at radius 1 is 0.800 bits per heavy atom. The quantitative estimate of drug-likeness (QED) is 0.745. The van der Waals surface area contributed by atoms with Gasteiger partial charge in [-0.3, -0.25) is 0 Å². The molecule has 0 aliphatic heterocycles. The summed E-state index contributed by atoms with van der Waals surface area (Å²) in [7, 11) is 0. The second kappa shape index (κ2) is 4.45. The number of hydrogen-bond donors (Lipinski definition) is 1.